The minimum absolute atomic E-state index is 0.305. The zero-order valence-electron chi connectivity index (χ0n) is 12.0. The maximum atomic E-state index is 13.0. The third-order valence-electron chi connectivity index (χ3n) is 3.86. The predicted octanol–water partition coefficient (Wildman–Crippen LogP) is 4.44. The lowest BCUT2D eigenvalue weighted by Gasteiger charge is -2.30. The zero-order valence-corrected chi connectivity index (χ0v) is 12.0. The van der Waals surface area contributed by atoms with Crippen LogP contribution in [0.1, 0.15) is 27.9 Å². The van der Waals surface area contributed by atoms with Crippen LogP contribution in [-0.4, -0.2) is 12.5 Å². The number of amides is 1. The van der Waals surface area contributed by atoms with Gasteiger partial charge in [-0.05, 0) is 60.9 Å². The summed E-state index contributed by atoms with van der Waals surface area (Å²) in [5.74, 6) is -0.791. The van der Waals surface area contributed by atoms with Gasteiger partial charge in [0, 0.05) is 17.8 Å². The Morgan fingerprint density at radius 3 is 2.39 bits per heavy atom. The fourth-order valence-corrected chi connectivity index (χ4v) is 2.73. The molecule has 0 aromatic heterocycles. The van der Waals surface area contributed by atoms with Crippen molar-refractivity contribution in [2.24, 2.45) is 0 Å². The lowest BCUT2D eigenvalue weighted by Crippen LogP contribution is -2.35. The second-order valence-electron chi connectivity index (χ2n) is 5.41. The second-order valence-corrected chi connectivity index (χ2v) is 5.41. The summed E-state index contributed by atoms with van der Waals surface area (Å²) in [5.41, 5.74) is 0.576. The summed E-state index contributed by atoms with van der Waals surface area (Å²) >= 11 is 0. The number of alkyl halides is 3. The lowest BCUT2D eigenvalue weighted by molar-refractivity contribution is -0.137. The summed E-state index contributed by atoms with van der Waals surface area (Å²) in [6.45, 7) is 0.425. The van der Waals surface area contributed by atoms with E-state index in [0.29, 0.717) is 36.2 Å². The third kappa shape index (κ3) is 3.06. The molecule has 0 atom stereocenters. The minimum atomic E-state index is -4.40. The highest BCUT2D eigenvalue weighted by atomic mass is 19.4. The SMILES string of the molecule is O=C(c1ccc(F)cc1)N1CCCc2cc(C(F)(F)F)ccc21. The van der Waals surface area contributed by atoms with Crippen molar-refractivity contribution in [3.05, 3.63) is 65.0 Å². The van der Waals surface area contributed by atoms with Gasteiger partial charge in [0.25, 0.3) is 5.91 Å². The van der Waals surface area contributed by atoms with E-state index in [4.69, 9.17) is 0 Å². The van der Waals surface area contributed by atoms with Gasteiger partial charge < -0.3 is 4.90 Å². The van der Waals surface area contributed by atoms with E-state index in [9.17, 15) is 22.4 Å². The molecule has 0 N–H and O–H groups in total. The van der Waals surface area contributed by atoms with E-state index in [1.807, 2.05) is 0 Å². The third-order valence-corrected chi connectivity index (χ3v) is 3.86. The summed E-state index contributed by atoms with van der Waals surface area (Å²) in [5, 5.41) is 0. The molecule has 0 spiro atoms. The highest BCUT2D eigenvalue weighted by Crippen LogP contribution is 2.35. The van der Waals surface area contributed by atoms with Gasteiger partial charge in [-0.2, -0.15) is 13.2 Å². The number of carbonyl (C=O) groups is 1. The van der Waals surface area contributed by atoms with E-state index in [1.54, 1.807) is 0 Å². The van der Waals surface area contributed by atoms with Gasteiger partial charge in [0.05, 0.1) is 5.56 Å². The molecule has 0 radical (unpaired) electrons. The maximum absolute atomic E-state index is 13.0. The predicted molar refractivity (Wildman–Crippen MR) is 77.8 cm³/mol. The van der Waals surface area contributed by atoms with Crippen LogP contribution in [0.15, 0.2) is 42.5 Å². The van der Waals surface area contributed by atoms with Gasteiger partial charge in [0.2, 0.25) is 0 Å². The quantitative estimate of drug-likeness (QED) is 0.711. The Morgan fingerprint density at radius 1 is 1.04 bits per heavy atom. The Kier molecular flexibility index (Phi) is 3.83. The molecule has 0 aliphatic carbocycles. The fourth-order valence-electron chi connectivity index (χ4n) is 2.73. The van der Waals surface area contributed by atoms with Crippen LogP contribution in [0.3, 0.4) is 0 Å². The molecule has 23 heavy (non-hydrogen) atoms. The van der Waals surface area contributed by atoms with Crippen molar-refractivity contribution in [3.8, 4) is 0 Å². The Hall–Kier alpha value is -2.37. The van der Waals surface area contributed by atoms with E-state index in [-0.39, 0.29) is 5.91 Å². The molecule has 1 aliphatic heterocycles. The molecule has 0 saturated heterocycles. The highest BCUT2D eigenvalue weighted by molar-refractivity contribution is 6.06. The van der Waals surface area contributed by atoms with Gasteiger partial charge in [-0.25, -0.2) is 4.39 Å². The van der Waals surface area contributed by atoms with Crippen LogP contribution < -0.4 is 4.90 Å². The molecule has 3 rings (SSSR count). The number of anilines is 1. The summed E-state index contributed by atoms with van der Waals surface area (Å²) in [6, 6.07) is 8.52. The molecule has 120 valence electrons. The number of nitrogens with zero attached hydrogens (tertiary/aromatic N) is 1. The van der Waals surface area contributed by atoms with Gasteiger partial charge >= 0.3 is 6.18 Å². The molecule has 0 bridgehead atoms. The first kappa shape index (κ1) is 15.5. The standard InChI is InChI=1S/C17H13F4NO/c18-14-6-3-11(4-7-14)16(23)22-9-1-2-12-10-13(17(19,20)21)5-8-15(12)22/h3-8,10H,1-2,9H2. The first-order valence-electron chi connectivity index (χ1n) is 7.14. The molecule has 2 nitrogen and oxygen atoms in total. The first-order valence-corrected chi connectivity index (χ1v) is 7.14. The maximum Gasteiger partial charge on any atom is 0.416 e. The average molecular weight is 323 g/mol. The summed E-state index contributed by atoms with van der Waals surface area (Å²) < 4.78 is 51.4. The van der Waals surface area contributed by atoms with Crippen LogP contribution in [0.4, 0.5) is 23.2 Å². The van der Waals surface area contributed by atoms with Crippen LogP contribution in [0, 0.1) is 5.82 Å². The molecular formula is C17H13F4NO. The minimum Gasteiger partial charge on any atom is -0.308 e. The molecule has 1 amide bonds. The van der Waals surface area contributed by atoms with Crippen molar-refractivity contribution >= 4 is 11.6 Å². The van der Waals surface area contributed by atoms with Crippen LogP contribution in [-0.2, 0) is 12.6 Å². The Bertz CT molecular complexity index is 737. The Morgan fingerprint density at radius 2 is 1.74 bits per heavy atom. The molecule has 6 heteroatoms. The topological polar surface area (TPSA) is 20.3 Å². The van der Waals surface area contributed by atoms with E-state index >= 15 is 0 Å². The van der Waals surface area contributed by atoms with Gasteiger partial charge in [-0.1, -0.05) is 0 Å². The van der Waals surface area contributed by atoms with Crippen LogP contribution >= 0.6 is 0 Å². The van der Waals surface area contributed by atoms with Crippen molar-refractivity contribution in [3.63, 3.8) is 0 Å². The fraction of sp³-hybridized carbons (Fsp3) is 0.235. The lowest BCUT2D eigenvalue weighted by atomic mass is 9.98. The van der Waals surface area contributed by atoms with E-state index in [1.165, 1.54) is 35.2 Å². The van der Waals surface area contributed by atoms with Crippen molar-refractivity contribution in [2.45, 2.75) is 19.0 Å². The van der Waals surface area contributed by atoms with Gasteiger partial charge in [-0.15, -0.1) is 0 Å². The summed E-state index contributed by atoms with van der Waals surface area (Å²) in [7, 11) is 0. The molecule has 1 heterocycles. The number of fused-ring (bicyclic) bond motifs is 1. The molecular weight excluding hydrogens is 310 g/mol. The average Bonchev–Trinajstić information content (AvgIpc) is 2.53. The zero-order chi connectivity index (χ0) is 16.6. The Balaban J connectivity index is 1.95. The molecule has 1 aliphatic rings. The normalized spacial score (nSPS) is 14.5. The number of halogens is 4. The van der Waals surface area contributed by atoms with Crippen LogP contribution in [0.2, 0.25) is 0 Å². The smallest absolute Gasteiger partial charge is 0.308 e. The highest BCUT2D eigenvalue weighted by Gasteiger charge is 2.32. The number of carbonyl (C=O) groups excluding carboxylic acids is 1. The molecule has 0 fully saturated rings. The molecule has 2 aromatic rings. The molecule has 0 saturated carbocycles. The van der Waals surface area contributed by atoms with E-state index in [2.05, 4.69) is 0 Å². The molecule has 0 unspecified atom stereocenters. The van der Waals surface area contributed by atoms with Crippen molar-refractivity contribution in [1.82, 2.24) is 0 Å². The number of hydrogen-bond donors (Lipinski definition) is 0. The van der Waals surface area contributed by atoms with Crippen LogP contribution in [0.25, 0.3) is 0 Å². The van der Waals surface area contributed by atoms with Gasteiger partial charge in [0.15, 0.2) is 0 Å². The number of benzene rings is 2. The number of aryl methyl sites for hydroxylation is 1. The van der Waals surface area contributed by atoms with Crippen molar-refractivity contribution in [1.29, 1.82) is 0 Å². The summed E-state index contributed by atoms with van der Waals surface area (Å²) in [4.78, 5) is 14.0. The van der Waals surface area contributed by atoms with E-state index < -0.39 is 17.6 Å². The number of hydrogen-bond acceptors (Lipinski definition) is 1. The van der Waals surface area contributed by atoms with Crippen molar-refractivity contribution in [2.75, 3.05) is 11.4 Å². The largest absolute Gasteiger partial charge is 0.416 e. The second kappa shape index (κ2) is 5.68. The van der Waals surface area contributed by atoms with Crippen molar-refractivity contribution < 1.29 is 22.4 Å². The Labute approximate surface area is 130 Å². The first-order chi connectivity index (χ1) is 10.9. The van der Waals surface area contributed by atoms with Gasteiger partial charge in [0.1, 0.15) is 5.82 Å². The van der Waals surface area contributed by atoms with Crippen LogP contribution in [0.5, 0.6) is 0 Å². The monoisotopic (exact) mass is 323 g/mol. The summed E-state index contributed by atoms with van der Waals surface area (Å²) in [6.07, 6.45) is -3.33. The molecule has 2 aromatic carbocycles. The van der Waals surface area contributed by atoms with Gasteiger partial charge in [-0.3, -0.25) is 4.79 Å². The number of rotatable bonds is 1. The van der Waals surface area contributed by atoms with E-state index in [0.717, 1.165) is 12.1 Å².